The minimum atomic E-state index is -0.856. The van der Waals surface area contributed by atoms with Crippen molar-refractivity contribution in [3.05, 3.63) is 0 Å². The normalized spacial score (nSPS) is 19.1. The molecule has 0 spiro atoms. The number of nitrogens with one attached hydrogen (secondary N) is 1. The van der Waals surface area contributed by atoms with Gasteiger partial charge in [0.2, 0.25) is 5.91 Å². The predicted molar refractivity (Wildman–Crippen MR) is 68.7 cm³/mol. The van der Waals surface area contributed by atoms with Crippen LogP contribution in [-0.4, -0.2) is 48.5 Å². The Kier molecular flexibility index (Phi) is 6.24. The van der Waals surface area contributed by atoms with Crippen LogP contribution < -0.4 is 5.32 Å². The number of ether oxygens (including phenoxy) is 1. The van der Waals surface area contributed by atoms with Gasteiger partial charge in [0.25, 0.3) is 0 Å². The first-order chi connectivity index (χ1) is 9.01. The van der Waals surface area contributed by atoms with E-state index in [1.807, 2.05) is 0 Å². The summed E-state index contributed by atoms with van der Waals surface area (Å²) in [7, 11) is 1.50. The van der Waals surface area contributed by atoms with E-state index in [1.165, 1.54) is 7.11 Å². The maximum Gasteiger partial charge on any atom is 0.303 e. The van der Waals surface area contributed by atoms with Crippen molar-refractivity contribution in [2.24, 2.45) is 5.41 Å². The molecule has 1 saturated carbocycles. The Morgan fingerprint density at radius 1 is 1.32 bits per heavy atom. The number of amides is 1. The number of aliphatic hydroxyl groups is 1. The summed E-state index contributed by atoms with van der Waals surface area (Å²) in [6.07, 6.45) is 3.75. The van der Waals surface area contributed by atoms with Crippen molar-refractivity contribution in [1.29, 1.82) is 0 Å². The summed E-state index contributed by atoms with van der Waals surface area (Å²) in [4.78, 5) is 22.9. The van der Waals surface area contributed by atoms with Crippen molar-refractivity contribution >= 4 is 11.9 Å². The second kappa shape index (κ2) is 7.45. The maximum atomic E-state index is 12.0. The number of methoxy groups -OCH3 is 1. The minimum Gasteiger partial charge on any atom is -0.481 e. The maximum absolute atomic E-state index is 12.0. The number of aliphatic hydroxyl groups excluding tert-OH is 1. The summed E-state index contributed by atoms with van der Waals surface area (Å²) < 4.78 is 4.89. The fraction of sp³-hybridized carbons (Fsp3) is 0.846. The standard InChI is InChI=1S/C13H23NO5/c1-19-9-10(8-15)14-11(16)6-13(7-12(17)18)4-2-3-5-13/h10,15H,2-9H2,1H3,(H,14,16)(H,17,18). The van der Waals surface area contributed by atoms with Crippen molar-refractivity contribution in [2.45, 2.75) is 44.6 Å². The molecule has 0 aromatic heterocycles. The molecule has 0 radical (unpaired) electrons. The molecule has 19 heavy (non-hydrogen) atoms. The average Bonchev–Trinajstić information content (AvgIpc) is 2.75. The highest BCUT2D eigenvalue weighted by atomic mass is 16.5. The average molecular weight is 273 g/mol. The Morgan fingerprint density at radius 2 is 1.95 bits per heavy atom. The second-order valence-electron chi connectivity index (χ2n) is 5.36. The summed E-state index contributed by atoms with van der Waals surface area (Å²) >= 11 is 0. The molecule has 0 aromatic carbocycles. The van der Waals surface area contributed by atoms with Crippen LogP contribution in [0, 0.1) is 5.41 Å². The smallest absolute Gasteiger partial charge is 0.303 e. The fourth-order valence-corrected chi connectivity index (χ4v) is 2.82. The van der Waals surface area contributed by atoms with E-state index in [-0.39, 0.29) is 32.0 Å². The highest BCUT2D eigenvalue weighted by Crippen LogP contribution is 2.43. The Labute approximate surface area is 113 Å². The highest BCUT2D eigenvalue weighted by molar-refractivity contribution is 5.78. The third-order valence-corrected chi connectivity index (χ3v) is 3.68. The zero-order valence-corrected chi connectivity index (χ0v) is 11.4. The summed E-state index contributed by atoms with van der Waals surface area (Å²) in [5.74, 6) is -1.07. The van der Waals surface area contributed by atoms with Gasteiger partial charge in [-0.15, -0.1) is 0 Å². The summed E-state index contributed by atoms with van der Waals surface area (Å²) in [6.45, 7) is 0.0552. The van der Waals surface area contributed by atoms with E-state index in [0.29, 0.717) is 0 Å². The first kappa shape index (κ1) is 15.9. The van der Waals surface area contributed by atoms with Crippen molar-refractivity contribution in [3.8, 4) is 0 Å². The molecule has 1 aliphatic rings. The monoisotopic (exact) mass is 273 g/mol. The molecule has 0 bridgehead atoms. The SMILES string of the molecule is COCC(CO)NC(=O)CC1(CC(=O)O)CCCC1. The highest BCUT2D eigenvalue weighted by Gasteiger charge is 2.38. The lowest BCUT2D eigenvalue weighted by Crippen LogP contribution is -2.42. The number of aliphatic carboxylic acids is 1. The van der Waals surface area contributed by atoms with Gasteiger partial charge in [0, 0.05) is 13.5 Å². The van der Waals surface area contributed by atoms with Gasteiger partial charge >= 0.3 is 5.97 Å². The topological polar surface area (TPSA) is 95.9 Å². The van der Waals surface area contributed by atoms with Gasteiger partial charge in [-0.3, -0.25) is 9.59 Å². The van der Waals surface area contributed by atoms with Crippen molar-refractivity contribution in [3.63, 3.8) is 0 Å². The van der Waals surface area contributed by atoms with Gasteiger partial charge < -0.3 is 20.3 Å². The van der Waals surface area contributed by atoms with Gasteiger partial charge in [-0.25, -0.2) is 0 Å². The third kappa shape index (κ3) is 5.16. The minimum absolute atomic E-state index is 0.0362. The third-order valence-electron chi connectivity index (χ3n) is 3.68. The number of carboxylic acid groups (broad SMARTS) is 1. The van der Waals surface area contributed by atoms with Gasteiger partial charge in [-0.1, -0.05) is 12.8 Å². The van der Waals surface area contributed by atoms with Crippen LogP contribution in [0.25, 0.3) is 0 Å². The lowest BCUT2D eigenvalue weighted by Gasteiger charge is -2.27. The molecule has 110 valence electrons. The number of carbonyl (C=O) groups excluding carboxylic acids is 1. The van der Waals surface area contributed by atoms with E-state index in [1.54, 1.807) is 0 Å². The van der Waals surface area contributed by atoms with E-state index in [9.17, 15) is 9.59 Å². The largest absolute Gasteiger partial charge is 0.481 e. The Bertz CT molecular complexity index is 312. The van der Waals surface area contributed by atoms with Crippen LogP contribution in [0.15, 0.2) is 0 Å². The molecule has 1 aliphatic carbocycles. The zero-order chi connectivity index (χ0) is 14.3. The van der Waals surface area contributed by atoms with E-state index in [0.717, 1.165) is 25.7 Å². The number of rotatable bonds is 8. The molecule has 0 heterocycles. The van der Waals surface area contributed by atoms with Gasteiger partial charge in [0.15, 0.2) is 0 Å². The number of carbonyl (C=O) groups is 2. The van der Waals surface area contributed by atoms with E-state index in [4.69, 9.17) is 14.9 Å². The second-order valence-corrected chi connectivity index (χ2v) is 5.36. The Balaban J connectivity index is 2.54. The number of carboxylic acids is 1. The summed E-state index contributed by atoms with van der Waals surface area (Å²) in [5, 5.41) is 20.7. The predicted octanol–water partition coefficient (Wildman–Crippen LogP) is 0.535. The van der Waals surface area contributed by atoms with E-state index in [2.05, 4.69) is 5.32 Å². The lowest BCUT2D eigenvalue weighted by atomic mass is 9.79. The van der Waals surface area contributed by atoms with Crippen LogP contribution in [0.1, 0.15) is 38.5 Å². The van der Waals surface area contributed by atoms with Crippen LogP contribution >= 0.6 is 0 Å². The molecule has 1 fully saturated rings. The molecule has 6 heteroatoms. The molecule has 1 atom stereocenters. The molecule has 1 unspecified atom stereocenters. The lowest BCUT2D eigenvalue weighted by molar-refractivity contribution is -0.140. The van der Waals surface area contributed by atoms with Gasteiger partial charge in [-0.05, 0) is 18.3 Å². The van der Waals surface area contributed by atoms with Gasteiger partial charge in [0.1, 0.15) is 0 Å². The molecular formula is C13H23NO5. The molecule has 0 aromatic rings. The van der Waals surface area contributed by atoms with E-state index < -0.39 is 17.4 Å². The van der Waals surface area contributed by atoms with E-state index >= 15 is 0 Å². The first-order valence-corrected chi connectivity index (χ1v) is 6.62. The molecule has 3 N–H and O–H groups in total. The number of hydrogen-bond acceptors (Lipinski definition) is 4. The Morgan fingerprint density at radius 3 is 2.42 bits per heavy atom. The quantitative estimate of drug-likeness (QED) is 0.599. The van der Waals surface area contributed by atoms with Gasteiger partial charge in [-0.2, -0.15) is 0 Å². The zero-order valence-electron chi connectivity index (χ0n) is 11.4. The number of hydrogen-bond donors (Lipinski definition) is 3. The van der Waals surface area contributed by atoms with Crippen LogP contribution in [0.4, 0.5) is 0 Å². The van der Waals surface area contributed by atoms with Crippen molar-refractivity contribution in [2.75, 3.05) is 20.3 Å². The van der Waals surface area contributed by atoms with Crippen LogP contribution in [0.3, 0.4) is 0 Å². The summed E-state index contributed by atoms with van der Waals surface area (Å²) in [6, 6.07) is -0.430. The van der Waals surface area contributed by atoms with Crippen LogP contribution in [0.2, 0.25) is 0 Å². The molecule has 1 amide bonds. The Hall–Kier alpha value is -1.14. The first-order valence-electron chi connectivity index (χ1n) is 6.62. The van der Waals surface area contributed by atoms with Gasteiger partial charge in [0.05, 0.1) is 25.7 Å². The van der Waals surface area contributed by atoms with Crippen LogP contribution in [0.5, 0.6) is 0 Å². The molecular weight excluding hydrogens is 250 g/mol. The molecule has 0 aliphatic heterocycles. The van der Waals surface area contributed by atoms with Crippen molar-refractivity contribution < 1.29 is 24.5 Å². The molecule has 0 saturated heterocycles. The fourth-order valence-electron chi connectivity index (χ4n) is 2.82. The molecule has 6 nitrogen and oxygen atoms in total. The van der Waals surface area contributed by atoms with Crippen LogP contribution in [-0.2, 0) is 14.3 Å². The molecule has 1 rings (SSSR count). The van der Waals surface area contributed by atoms with Crippen molar-refractivity contribution in [1.82, 2.24) is 5.32 Å². The summed E-state index contributed by atoms with van der Waals surface area (Å²) in [5.41, 5.74) is -0.414.